The SMILES string of the molecule is NC1(c2ccc(C3=Nc4nc(N5CCCc6ccccc65)nn4C=C(C4C=CC=CC4)C3)cc2)CCC1. The summed E-state index contributed by atoms with van der Waals surface area (Å²) < 4.78 is 1.89. The van der Waals surface area contributed by atoms with Gasteiger partial charge in [-0.3, -0.25) is 0 Å². The number of benzene rings is 2. The molecular weight excluding hydrogens is 456 g/mol. The lowest BCUT2D eigenvalue weighted by molar-refractivity contribution is 0.253. The zero-order valence-electron chi connectivity index (χ0n) is 21.1. The van der Waals surface area contributed by atoms with Gasteiger partial charge in [-0.25, -0.2) is 9.67 Å². The second-order valence-corrected chi connectivity index (χ2v) is 10.7. The van der Waals surface area contributed by atoms with Crippen LogP contribution in [0.5, 0.6) is 0 Å². The van der Waals surface area contributed by atoms with Crippen molar-refractivity contribution < 1.29 is 0 Å². The molecule has 3 aromatic rings. The molecular formula is C31H32N6. The summed E-state index contributed by atoms with van der Waals surface area (Å²) in [6.07, 6.45) is 18.2. The Bertz CT molecular complexity index is 1450. The fourth-order valence-corrected chi connectivity index (χ4v) is 5.97. The summed E-state index contributed by atoms with van der Waals surface area (Å²) in [5.41, 5.74) is 13.6. The lowest BCUT2D eigenvalue weighted by Crippen LogP contribution is -2.43. The normalized spacial score (nSPS) is 21.9. The number of aliphatic imine (C=N–C) groups is 1. The van der Waals surface area contributed by atoms with Crippen molar-refractivity contribution in [3.05, 3.63) is 95.1 Å². The highest BCUT2D eigenvalue weighted by molar-refractivity contribution is 6.04. The molecule has 0 spiro atoms. The molecule has 6 heteroatoms. The molecule has 0 amide bonds. The van der Waals surface area contributed by atoms with E-state index < -0.39 is 0 Å². The van der Waals surface area contributed by atoms with Crippen molar-refractivity contribution in [2.45, 2.75) is 50.5 Å². The maximum atomic E-state index is 6.59. The highest BCUT2D eigenvalue weighted by Gasteiger charge is 2.34. The van der Waals surface area contributed by atoms with Crippen molar-refractivity contribution >= 4 is 29.5 Å². The highest BCUT2D eigenvalue weighted by Crippen LogP contribution is 2.39. The molecule has 1 unspecified atom stereocenters. The minimum atomic E-state index is -0.159. The van der Waals surface area contributed by atoms with Crippen molar-refractivity contribution in [1.82, 2.24) is 14.8 Å². The van der Waals surface area contributed by atoms with E-state index in [1.54, 1.807) is 0 Å². The van der Waals surface area contributed by atoms with E-state index >= 15 is 0 Å². The van der Waals surface area contributed by atoms with Crippen molar-refractivity contribution in [1.29, 1.82) is 0 Å². The number of hydrogen-bond donors (Lipinski definition) is 1. The molecule has 0 bridgehead atoms. The Morgan fingerprint density at radius 1 is 0.973 bits per heavy atom. The number of fused-ring (bicyclic) bond motifs is 2. The van der Waals surface area contributed by atoms with Crippen LogP contribution in [0, 0.1) is 5.92 Å². The molecule has 0 radical (unpaired) electrons. The summed E-state index contributed by atoms with van der Waals surface area (Å²) in [6.45, 7) is 0.909. The van der Waals surface area contributed by atoms with E-state index in [2.05, 4.69) is 83.9 Å². The summed E-state index contributed by atoms with van der Waals surface area (Å²) in [4.78, 5) is 12.3. The van der Waals surface area contributed by atoms with E-state index in [-0.39, 0.29) is 5.54 Å². The molecule has 2 aromatic carbocycles. The first-order valence-corrected chi connectivity index (χ1v) is 13.5. The van der Waals surface area contributed by atoms with Crippen LogP contribution in [0.4, 0.5) is 17.6 Å². The number of nitrogens with zero attached hydrogens (tertiary/aromatic N) is 5. The summed E-state index contributed by atoms with van der Waals surface area (Å²) in [5, 5.41) is 4.96. The predicted molar refractivity (Wildman–Crippen MR) is 149 cm³/mol. The second-order valence-electron chi connectivity index (χ2n) is 10.7. The van der Waals surface area contributed by atoms with Crippen LogP contribution in [0.15, 0.2) is 83.4 Å². The van der Waals surface area contributed by atoms with Gasteiger partial charge in [0.1, 0.15) is 0 Å². The number of aryl methyl sites for hydroxylation is 1. The fraction of sp³-hybridized carbons (Fsp3) is 0.323. The van der Waals surface area contributed by atoms with Gasteiger partial charge in [0.05, 0.1) is 5.71 Å². The van der Waals surface area contributed by atoms with E-state index in [1.165, 1.54) is 28.8 Å². The van der Waals surface area contributed by atoms with Crippen LogP contribution in [0.3, 0.4) is 0 Å². The summed E-state index contributed by atoms with van der Waals surface area (Å²) >= 11 is 0. The zero-order chi connectivity index (χ0) is 24.8. The van der Waals surface area contributed by atoms with Gasteiger partial charge in [-0.2, -0.15) is 4.98 Å². The van der Waals surface area contributed by atoms with Crippen molar-refractivity contribution in [3.8, 4) is 0 Å². The standard InChI is InChI=1S/C31H32N6/c32-31(17-7-18-31)26-15-13-23(14-16-26)27-20-25(22-8-2-1-3-9-22)21-37-29(33-27)34-30(35-37)36-19-6-11-24-10-4-5-12-28(24)36/h1-5,8,10,12-16,21-22H,6-7,9,11,17-20,32H2. The number of rotatable bonds is 4. The Morgan fingerprint density at radius 2 is 1.84 bits per heavy atom. The van der Waals surface area contributed by atoms with E-state index in [9.17, 15) is 0 Å². The molecule has 37 heavy (non-hydrogen) atoms. The molecule has 4 aliphatic rings. The Hall–Kier alpha value is -3.77. The Labute approximate surface area is 217 Å². The second kappa shape index (κ2) is 8.96. The molecule has 186 valence electrons. The number of nitrogens with two attached hydrogens (primary N) is 1. The Morgan fingerprint density at radius 3 is 2.62 bits per heavy atom. The van der Waals surface area contributed by atoms with Gasteiger partial charge in [-0.05, 0) is 66.9 Å². The number of anilines is 2. The average molecular weight is 489 g/mol. The van der Waals surface area contributed by atoms with E-state index in [0.717, 1.165) is 56.3 Å². The first kappa shape index (κ1) is 22.4. The third-order valence-corrected chi connectivity index (χ3v) is 8.34. The first-order chi connectivity index (χ1) is 18.2. The molecule has 6 nitrogen and oxygen atoms in total. The van der Waals surface area contributed by atoms with Gasteiger partial charge in [0.25, 0.3) is 11.9 Å². The van der Waals surface area contributed by atoms with Gasteiger partial charge in [-0.1, -0.05) is 66.8 Å². The Balaban J connectivity index is 1.29. The molecule has 0 saturated heterocycles. The van der Waals surface area contributed by atoms with Crippen LogP contribution < -0.4 is 10.6 Å². The van der Waals surface area contributed by atoms with Crippen LogP contribution in [0.1, 0.15) is 55.2 Å². The zero-order valence-corrected chi connectivity index (χ0v) is 21.1. The number of allylic oxidation sites excluding steroid dienone is 5. The summed E-state index contributed by atoms with van der Waals surface area (Å²) in [6, 6.07) is 17.3. The van der Waals surface area contributed by atoms with Gasteiger partial charge in [0.15, 0.2) is 0 Å². The monoisotopic (exact) mass is 488 g/mol. The maximum absolute atomic E-state index is 6.59. The van der Waals surface area contributed by atoms with Gasteiger partial charge in [-0.15, -0.1) is 5.10 Å². The molecule has 1 atom stereocenters. The van der Waals surface area contributed by atoms with Gasteiger partial charge < -0.3 is 10.6 Å². The molecule has 1 aromatic heterocycles. The first-order valence-electron chi connectivity index (χ1n) is 13.5. The third-order valence-electron chi connectivity index (χ3n) is 8.34. The van der Waals surface area contributed by atoms with Crippen molar-refractivity contribution in [2.24, 2.45) is 16.6 Å². The minimum absolute atomic E-state index is 0.159. The van der Waals surface area contributed by atoms with Crippen molar-refractivity contribution in [3.63, 3.8) is 0 Å². The topological polar surface area (TPSA) is 72.3 Å². The molecule has 7 rings (SSSR count). The average Bonchev–Trinajstić information content (AvgIpc) is 3.23. The predicted octanol–water partition coefficient (Wildman–Crippen LogP) is 6.20. The smallest absolute Gasteiger partial charge is 0.254 e. The molecule has 3 heterocycles. The van der Waals surface area contributed by atoms with Gasteiger partial charge in [0, 0.05) is 36.3 Å². The molecule has 1 fully saturated rings. The lowest BCUT2D eigenvalue weighted by Gasteiger charge is -2.38. The van der Waals surface area contributed by atoms with Gasteiger partial charge in [0.2, 0.25) is 0 Å². The van der Waals surface area contributed by atoms with E-state index in [1.807, 2.05) is 4.68 Å². The molecule has 2 N–H and O–H groups in total. The minimum Gasteiger partial charge on any atom is -0.321 e. The summed E-state index contributed by atoms with van der Waals surface area (Å²) in [5.74, 6) is 1.68. The third kappa shape index (κ3) is 4.05. The Kier molecular flexibility index (Phi) is 5.43. The number of aromatic nitrogens is 3. The fourth-order valence-electron chi connectivity index (χ4n) is 5.97. The molecule has 2 aliphatic heterocycles. The maximum Gasteiger partial charge on any atom is 0.254 e. The van der Waals surface area contributed by atoms with Crippen LogP contribution in [-0.2, 0) is 12.0 Å². The highest BCUT2D eigenvalue weighted by atomic mass is 15.5. The van der Waals surface area contributed by atoms with Gasteiger partial charge >= 0.3 is 0 Å². The quantitative estimate of drug-likeness (QED) is 0.475. The van der Waals surface area contributed by atoms with E-state index in [4.69, 9.17) is 20.8 Å². The van der Waals surface area contributed by atoms with Crippen LogP contribution >= 0.6 is 0 Å². The van der Waals surface area contributed by atoms with E-state index in [0.29, 0.717) is 17.8 Å². The number of para-hydroxylation sites is 1. The van der Waals surface area contributed by atoms with Crippen LogP contribution in [0.25, 0.3) is 6.20 Å². The van der Waals surface area contributed by atoms with Crippen molar-refractivity contribution in [2.75, 3.05) is 11.4 Å². The number of hydrogen-bond acceptors (Lipinski definition) is 5. The molecule has 2 aliphatic carbocycles. The van der Waals surface area contributed by atoms with Crippen LogP contribution in [0.2, 0.25) is 0 Å². The lowest BCUT2D eigenvalue weighted by atomic mass is 9.72. The van der Waals surface area contributed by atoms with Crippen LogP contribution in [-0.4, -0.2) is 27.0 Å². The largest absolute Gasteiger partial charge is 0.321 e. The molecule has 1 saturated carbocycles. The summed E-state index contributed by atoms with van der Waals surface area (Å²) in [7, 11) is 0.